The number of carbonyl (C=O) groups excluding carboxylic acids is 2. The van der Waals surface area contributed by atoms with E-state index in [1.54, 1.807) is 36.7 Å². The number of nitrogens with one attached hydrogen (secondary N) is 2. The Morgan fingerprint density at radius 1 is 1.00 bits per heavy atom. The van der Waals surface area contributed by atoms with E-state index in [0.717, 1.165) is 30.8 Å². The first-order chi connectivity index (χ1) is 17.7. The third kappa shape index (κ3) is 9.07. The summed E-state index contributed by atoms with van der Waals surface area (Å²) in [5, 5.41) is 5.93. The molecular weight excluding hydrogens is 507 g/mol. The normalized spacial score (nSPS) is 11.3. The number of pyridine rings is 2. The number of anilines is 2. The first-order valence-electron chi connectivity index (χ1n) is 11.4. The maximum Gasteiger partial charge on any atom is 0.573 e. The van der Waals surface area contributed by atoms with E-state index in [1.807, 2.05) is 18.7 Å². The standard InChI is InChI=1S/C25H26F3N5O3S/c1-3-33(4-2)15-22(34)32-21-14-17(11-13-29-21)16-37-24-20(6-5-12-30-24)23(35)31-18-7-9-19(10-8-18)36-25(26,27)28/h5-14H,3-4,15-16H2,1-2H3,(H,31,35)(H,29,32,34). The van der Waals surface area contributed by atoms with Gasteiger partial charge in [-0.2, -0.15) is 0 Å². The molecule has 3 aromatic rings. The lowest BCUT2D eigenvalue weighted by Crippen LogP contribution is -2.33. The number of rotatable bonds is 11. The fourth-order valence-electron chi connectivity index (χ4n) is 3.23. The quantitative estimate of drug-likeness (QED) is 0.327. The van der Waals surface area contributed by atoms with Crippen molar-refractivity contribution in [2.24, 2.45) is 0 Å². The van der Waals surface area contributed by atoms with Crippen LogP contribution in [0.25, 0.3) is 0 Å². The Balaban J connectivity index is 1.62. The lowest BCUT2D eigenvalue weighted by molar-refractivity contribution is -0.274. The number of thioether (sulfide) groups is 1. The van der Waals surface area contributed by atoms with Crippen LogP contribution in [0.3, 0.4) is 0 Å². The van der Waals surface area contributed by atoms with Gasteiger partial charge < -0.3 is 15.4 Å². The monoisotopic (exact) mass is 533 g/mol. The maximum absolute atomic E-state index is 12.8. The lowest BCUT2D eigenvalue weighted by atomic mass is 10.2. The van der Waals surface area contributed by atoms with Crippen LogP contribution in [0.5, 0.6) is 5.75 Å². The molecule has 0 aliphatic rings. The molecule has 2 amide bonds. The number of benzene rings is 1. The molecule has 2 N–H and O–H groups in total. The van der Waals surface area contributed by atoms with Gasteiger partial charge in [-0.05, 0) is 67.2 Å². The molecule has 0 spiro atoms. The Bertz CT molecular complexity index is 1200. The number of ether oxygens (including phenoxy) is 1. The van der Waals surface area contributed by atoms with Gasteiger partial charge in [-0.25, -0.2) is 9.97 Å². The number of alkyl halides is 3. The number of likely N-dealkylation sites (N-methyl/N-ethyl adjacent to an activating group) is 1. The second kappa shape index (κ2) is 13.1. The molecule has 0 aliphatic heterocycles. The average Bonchev–Trinajstić information content (AvgIpc) is 2.86. The zero-order chi connectivity index (χ0) is 26.8. The van der Waals surface area contributed by atoms with Gasteiger partial charge in [0.1, 0.15) is 16.6 Å². The summed E-state index contributed by atoms with van der Waals surface area (Å²) in [5.74, 6) is -0.0968. The van der Waals surface area contributed by atoms with Gasteiger partial charge >= 0.3 is 6.36 Å². The van der Waals surface area contributed by atoms with Crippen LogP contribution in [0, 0.1) is 0 Å². The van der Waals surface area contributed by atoms with E-state index in [1.165, 1.54) is 23.9 Å². The van der Waals surface area contributed by atoms with Crippen LogP contribution in [-0.2, 0) is 10.5 Å². The summed E-state index contributed by atoms with van der Waals surface area (Å²) in [7, 11) is 0. The van der Waals surface area contributed by atoms with Gasteiger partial charge in [0.2, 0.25) is 5.91 Å². The molecule has 0 bridgehead atoms. The Morgan fingerprint density at radius 3 is 2.41 bits per heavy atom. The van der Waals surface area contributed by atoms with Crippen molar-refractivity contribution in [3.05, 3.63) is 72.1 Å². The zero-order valence-electron chi connectivity index (χ0n) is 20.2. The Labute approximate surface area is 216 Å². The smallest absolute Gasteiger partial charge is 0.406 e. The first-order valence-corrected chi connectivity index (χ1v) is 12.4. The van der Waals surface area contributed by atoms with Gasteiger partial charge in [0.15, 0.2) is 0 Å². The van der Waals surface area contributed by atoms with Gasteiger partial charge in [0.25, 0.3) is 5.91 Å². The molecule has 2 aromatic heterocycles. The zero-order valence-corrected chi connectivity index (χ0v) is 21.0. The van der Waals surface area contributed by atoms with Gasteiger partial charge in [-0.1, -0.05) is 13.8 Å². The molecule has 37 heavy (non-hydrogen) atoms. The summed E-state index contributed by atoms with van der Waals surface area (Å²) in [6, 6.07) is 11.7. The second-order valence-corrected chi connectivity index (χ2v) is 8.69. The molecule has 0 atom stereocenters. The number of aromatic nitrogens is 2. The minimum atomic E-state index is -4.79. The van der Waals surface area contributed by atoms with Gasteiger partial charge in [0.05, 0.1) is 12.1 Å². The molecule has 0 saturated heterocycles. The topological polar surface area (TPSA) is 96.5 Å². The molecule has 2 heterocycles. The van der Waals surface area contributed by atoms with E-state index in [0.29, 0.717) is 27.8 Å². The molecule has 0 saturated carbocycles. The van der Waals surface area contributed by atoms with Crippen molar-refractivity contribution in [2.45, 2.75) is 31.0 Å². The largest absolute Gasteiger partial charge is 0.573 e. The van der Waals surface area contributed by atoms with Gasteiger partial charge in [-0.3, -0.25) is 14.5 Å². The Kier molecular flexibility index (Phi) is 9.86. The number of carbonyl (C=O) groups is 2. The van der Waals surface area contributed by atoms with Crippen molar-refractivity contribution in [2.75, 3.05) is 30.3 Å². The molecule has 1 aromatic carbocycles. The van der Waals surface area contributed by atoms with E-state index >= 15 is 0 Å². The Morgan fingerprint density at radius 2 is 1.73 bits per heavy atom. The molecule has 3 rings (SSSR count). The first kappa shape index (κ1) is 27.9. The number of halogens is 3. The van der Waals surface area contributed by atoms with Crippen molar-refractivity contribution < 1.29 is 27.5 Å². The molecule has 0 aliphatic carbocycles. The summed E-state index contributed by atoms with van der Waals surface area (Å²) in [6.07, 6.45) is -1.63. The van der Waals surface area contributed by atoms with E-state index in [4.69, 9.17) is 0 Å². The van der Waals surface area contributed by atoms with Gasteiger partial charge in [0, 0.05) is 23.8 Å². The summed E-state index contributed by atoms with van der Waals surface area (Å²) >= 11 is 1.33. The fourth-order valence-corrected chi connectivity index (χ4v) is 4.17. The minimum absolute atomic E-state index is 0.150. The molecule has 0 unspecified atom stereocenters. The number of amides is 2. The van der Waals surface area contributed by atoms with Crippen LogP contribution < -0.4 is 15.4 Å². The van der Waals surface area contributed by atoms with Crippen LogP contribution >= 0.6 is 11.8 Å². The van der Waals surface area contributed by atoms with Gasteiger partial charge in [-0.15, -0.1) is 24.9 Å². The van der Waals surface area contributed by atoms with E-state index in [-0.39, 0.29) is 18.2 Å². The van der Waals surface area contributed by atoms with Crippen molar-refractivity contribution in [3.8, 4) is 5.75 Å². The highest BCUT2D eigenvalue weighted by atomic mass is 32.2. The van der Waals surface area contributed by atoms with Crippen LogP contribution in [0.4, 0.5) is 24.7 Å². The van der Waals surface area contributed by atoms with Crippen molar-refractivity contribution >= 4 is 35.1 Å². The Hall–Kier alpha value is -3.64. The number of hydrogen-bond acceptors (Lipinski definition) is 7. The lowest BCUT2D eigenvalue weighted by Gasteiger charge is -2.17. The van der Waals surface area contributed by atoms with E-state index in [9.17, 15) is 22.8 Å². The SMILES string of the molecule is CCN(CC)CC(=O)Nc1cc(CSc2ncccc2C(=O)Nc2ccc(OC(F)(F)F)cc2)ccn1. The molecule has 12 heteroatoms. The van der Waals surface area contributed by atoms with E-state index in [2.05, 4.69) is 25.3 Å². The fraction of sp³-hybridized carbons (Fsp3) is 0.280. The summed E-state index contributed by atoms with van der Waals surface area (Å²) in [5.41, 5.74) is 1.49. The third-order valence-electron chi connectivity index (χ3n) is 5.09. The number of nitrogens with zero attached hydrogens (tertiary/aromatic N) is 3. The van der Waals surface area contributed by atoms with Crippen molar-refractivity contribution in [1.82, 2.24) is 14.9 Å². The summed E-state index contributed by atoms with van der Waals surface area (Å²) < 4.78 is 40.9. The predicted molar refractivity (Wildman–Crippen MR) is 136 cm³/mol. The molecular formula is C25H26F3N5O3S. The van der Waals surface area contributed by atoms with Crippen LogP contribution in [0.2, 0.25) is 0 Å². The van der Waals surface area contributed by atoms with Crippen LogP contribution in [0.15, 0.2) is 66.0 Å². The number of hydrogen-bond donors (Lipinski definition) is 2. The summed E-state index contributed by atoms with van der Waals surface area (Å²) in [6.45, 7) is 5.79. The second-order valence-electron chi connectivity index (χ2n) is 7.73. The highest BCUT2D eigenvalue weighted by Crippen LogP contribution is 2.27. The molecule has 196 valence electrons. The molecule has 0 fully saturated rings. The minimum Gasteiger partial charge on any atom is -0.406 e. The maximum atomic E-state index is 12.8. The predicted octanol–water partition coefficient (Wildman–Crippen LogP) is 5.20. The third-order valence-corrected chi connectivity index (χ3v) is 6.17. The molecule has 8 nitrogen and oxygen atoms in total. The summed E-state index contributed by atoms with van der Waals surface area (Å²) in [4.78, 5) is 35.6. The highest BCUT2D eigenvalue weighted by Gasteiger charge is 2.31. The van der Waals surface area contributed by atoms with Crippen LogP contribution in [0.1, 0.15) is 29.8 Å². The van der Waals surface area contributed by atoms with Crippen molar-refractivity contribution in [1.29, 1.82) is 0 Å². The molecule has 0 radical (unpaired) electrons. The average molecular weight is 534 g/mol. The highest BCUT2D eigenvalue weighted by molar-refractivity contribution is 7.98. The van der Waals surface area contributed by atoms with Crippen LogP contribution in [-0.4, -0.2) is 52.7 Å². The van der Waals surface area contributed by atoms with E-state index < -0.39 is 12.3 Å². The van der Waals surface area contributed by atoms with Crippen molar-refractivity contribution in [3.63, 3.8) is 0 Å².